The van der Waals surface area contributed by atoms with Crippen molar-refractivity contribution in [2.24, 2.45) is 11.8 Å². The number of benzene rings is 1. The highest BCUT2D eigenvalue weighted by Crippen LogP contribution is 2.44. The molecule has 3 unspecified atom stereocenters. The van der Waals surface area contributed by atoms with Crippen LogP contribution >= 0.6 is 0 Å². The van der Waals surface area contributed by atoms with Gasteiger partial charge < -0.3 is 19.9 Å². The van der Waals surface area contributed by atoms with Crippen LogP contribution in [-0.2, 0) is 19.1 Å². The Morgan fingerprint density at radius 1 is 1.00 bits per heavy atom. The van der Waals surface area contributed by atoms with E-state index < -0.39 is 18.0 Å². The van der Waals surface area contributed by atoms with Gasteiger partial charge in [-0.25, -0.2) is 0 Å². The molecule has 2 aliphatic heterocycles. The molecular weight excluding hydrogens is 382 g/mol. The van der Waals surface area contributed by atoms with Gasteiger partial charge >= 0.3 is 5.97 Å². The first-order chi connectivity index (χ1) is 14.6. The van der Waals surface area contributed by atoms with E-state index in [-0.39, 0.29) is 23.7 Å². The molecule has 1 aliphatic carbocycles. The van der Waals surface area contributed by atoms with Crippen LogP contribution in [0, 0.1) is 11.8 Å². The number of ether oxygens (including phenoxy) is 1. The van der Waals surface area contributed by atoms with Gasteiger partial charge in [-0.3, -0.25) is 14.4 Å². The third-order valence-electron chi connectivity index (χ3n) is 6.81. The van der Waals surface area contributed by atoms with Crippen molar-refractivity contribution in [2.75, 3.05) is 33.3 Å². The molecule has 3 atom stereocenters. The highest BCUT2D eigenvalue weighted by atomic mass is 16.5. The lowest BCUT2D eigenvalue weighted by Crippen LogP contribution is -2.54. The largest absolute Gasteiger partial charge is 0.469 e. The summed E-state index contributed by atoms with van der Waals surface area (Å²) in [6, 6.07) is 8.52. The Labute approximate surface area is 177 Å². The standard InChI is InChI=1S/C23H31N3O4/c1-30-23(29)18-15-19(22(28)25-13-11-24-12-14-25)26(21(27)17-9-5-6-10-17)20(18)16-7-3-2-4-8-16/h2-4,7-8,17-20,24H,5-6,9-15H2,1H3. The fourth-order valence-corrected chi connectivity index (χ4v) is 5.28. The first-order valence-electron chi connectivity index (χ1n) is 11.1. The quantitative estimate of drug-likeness (QED) is 0.761. The van der Waals surface area contributed by atoms with Crippen molar-refractivity contribution in [3.8, 4) is 0 Å². The van der Waals surface area contributed by atoms with E-state index in [0.29, 0.717) is 19.5 Å². The highest BCUT2D eigenvalue weighted by Gasteiger charge is 2.52. The zero-order valence-electron chi connectivity index (χ0n) is 17.6. The highest BCUT2D eigenvalue weighted by molar-refractivity contribution is 5.91. The summed E-state index contributed by atoms with van der Waals surface area (Å²) in [5.41, 5.74) is 0.884. The molecular formula is C23H31N3O4. The van der Waals surface area contributed by atoms with Crippen LogP contribution in [-0.4, -0.2) is 66.9 Å². The van der Waals surface area contributed by atoms with Crippen LogP contribution in [0.15, 0.2) is 30.3 Å². The molecule has 1 aromatic rings. The fourth-order valence-electron chi connectivity index (χ4n) is 5.28. The van der Waals surface area contributed by atoms with E-state index in [2.05, 4.69) is 5.32 Å². The van der Waals surface area contributed by atoms with E-state index in [0.717, 1.165) is 44.3 Å². The SMILES string of the molecule is COC(=O)C1CC(C(=O)N2CCNCC2)N(C(=O)C2CCCC2)C1c1ccccc1. The topological polar surface area (TPSA) is 79.0 Å². The second kappa shape index (κ2) is 9.16. The summed E-state index contributed by atoms with van der Waals surface area (Å²) in [4.78, 5) is 43.5. The van der Waals surface area contributed by atoms with Crippen molar-refractivity contribution >= 4 is 17.8 Å². The van der Waals surface area contributed by atoms with Gasteiger partial charge in [0.15, 0.2) is 0 Å². The minimum Gasteiger partial charge on any atom is -0.469 e. The monoisotopic (exact) mass is 413 g/mol. The van der Waals surface area contributed by atoms with Crippen LogP contribution in [0.3, 0.4) is 0 Å². The normalized spacial score (nSPS) is 27.3. The lowest BCUT2D eigenvalue weighted by atomic mass is 9.92. The van der Waals surface area contributed by atoms with Crippen LogP contribution in [0.1, 0.15) is 43.7 Å². The van der Waals surface area contributed by atoms with Gasteiger partial charge in [0, 0.05) is 32.1 Å². The van der Waals surface area contributed by atoms with Gasteiger partial charge in [0.25, 0.3) is 0 Å². The van der Waals surface area contributed by atoms with E-state index in [1.807, 2.05) is 35.2 Å². The maximum absolute atomic E-state index is 13.7. The van der Waals surface area contributed by atoms with E-state index in [9.17, 15) is 14.4 Å². The summed E-state index contributed by atoms with van der Waals surface area (Å²) in [5.74, 6) is -0.995. The van der Waals surface area contributed by atoms with Crippen LogP contribution in [0.2, 0.25) is 0 Å². The third-order valence-corrected chi connectivity index (χ3v) is 6.81. The predicted molar refractivity (Wildman–Crippen MR) is 111 cm³/mol. The first kappa shape index (κ1) is 20.8. The van der Waals surface area contributed by atoms with Crippen LogP contribution < -0.4 is 5.32 Å². The molecule has 0 aromatic heterocycles. The van der Waals surface area contributed by atoms with Crippen molar-refractivity contribution < 1.29 is 19.1 Å². The lowest BCUT2D eigenvalue weighted by Gasteiger charge is -2.36. The molecule has 162 valence electrons. The van der Waals surface area contributed by atoms with Crippen molar-refractivity contribution in [3.05, 3.63) is 35.9 Å². The number of hydrogen-bond donors (Lipinski definition) is 1. The molecule has 0 radical (unpaired) electrons. The Balaban J connectivity index is 1.72. The second-order valence-electron chi connectivity index (χ2n) is 8.54. The van der Waals surface area contributed by atoms with Crippen LogP contribution in [0.25, 0.3) is 0 Å². The van der Waals surface area contributed by atoms with Crippen molar-refractivity contribution in [1.29, 1.82) is 0 Å². The number of nitrogens with one attached hydrogen (secondary N) is 1. The first-order valence-corrected chi connectivity index (χ1v) is 11.1. The summed E-state index contributed by atoms with van der Waals surface area (Å²) < 4.78 is 5.10. The Morgan fingerprint density at radius 2 is 1.67 bits per heavy atom. The van der Waals surface area contributed by atoms with Gasteiger partial charge in [-0.2, -0.15) is 0 Å². The maximum atomic E-state index is 13.7. The molecule has 1 N–H and O–H groups in total. The van der Waals surface area contributed by atoms with E-state index in [1.165, 1.54) is 7.11 Å². The minimum absolute atomic E-state index is 0.0150. The molecule has 2 heterocycles. The van der Waals surface area contributed by atoms with E-state index in [4.69, 9.17) is 4.74 Å². The van der Waals surface area contributed by atoms with Crippen molar-refractivity contribution in [1.82, 2.24) is 15.1 Å². The van der Waals surface area contributed by atoms with Crippen molar-refractivity contribution in [3.63, 3.8) is 0 Å². The Kier molecular flexibility index (Phi) is 6.37. The van der Waals surface area contributed by atoms with Crippen LogP contribution in [0.5, 0.6) is 0 Å². The summed E-state index contributed by atoms with van der Waals surface area (Å²) >= 11 is 0. The average molecular weight is 414 g/mol. The Hall–Kier alpha value is -2.41. The predicted octanol–water partition coefficient (Wildman–Crippen LogP) is 1.74. The molecule has 7 nitrogen and oxygen atoms in total. The summed E-state index contributed by atoms with van der Waals surface area (Å²) in [7, 11) is 1.37. The zero-order valence-corrected chi connectivity index (χ0v) is 17.6. The molecule has 30 heavy (non-hydrogen) atoms. The van der Waals surface area contributed by atoms with Gasteiger partial charge in [-0.1, -0.05) is 43.2 Å². The number of amides is 2. The molecule has 4 rings (SSSR count). The minimum atomic E-state index is -0.620. The number of carbonyl (C=O) groups excluding carboxylic acids is 3. The van der Waals surface area contributed by atoms with Gasteiger partial charge in [-0.05, 0) is 24.8 Å². The van der Waals surface area contributed by atoms with Gasteiger partial charge in [0.05, 0.1) is 19.1 Å². The average Bonchev–Trinajstić information content (AvgIpc) is 3.47. The number of likely N-dealkylation sites (tertiary alicyclic amines) is 1. The molecule has 0 bridgehead atoms. The second-order valence-corrected chi connectivity index (χ2v) is 8.54. The number of carbonyl (C=O) groups is 3. The molecule has 2 amide bonds. The van der Waals surface area contributed by atoms with E-state index >= 15 is 0 Å². The summed E-state index contributed by atoms with van der Waals surface area (Å²) in [5, 5.41) is 3.26. The molecule has 1 saturated carbocycles. The third kappa shape index (κ3) is 3.95. The number of esters is 1. The molecule has 1 aromatic carbocycles. The van der Waals surface area contributed by atoms with E-state index in [1.54, 1.807) is 4.90 Å². The molecule has 3 fully saturated rings. The van der Waals surface area contributed by atoms with Gasteiger partial charge in [0.2, 0.25) is 11.8 Å². The number of piperazine rings is 1. The Bertz CT molecular complexity index is 772. The molecule has 3 aliphatic rings. The van der Waals surface area contributed by atoms with Crippen LogP contribution in [0.4, 0.5) is 0 Å². The number of rotatable bonds is 4. The fraction of sp³-hybridized carbons (Fsp3) is 0.609. The summed E-state index contributed by atoms with van der Waals surface area (Å²) in [6.07, 6.45) is 4.10. The Morgan fingerprint density at radius 3 is 2.30 bits per heavy atom. The smallest absolute Gasteiger partial charge is 0.311 e. The summed E-state index contributed by atoms with van der Waals surface area (Å²) in [6.45, 7) is 2.74. The number of hydrogen-bond acceptors (Lipinski definition) is 5. The number of methoxy groups -OCH3 is 1. The lowest BCUT2D eigenvalue weighted by molar-refractivity contribution is -0.150. The zero-order chi connectivity index (χ0) is 21.1. The maximum Gasteiger partial charge on any atom is 0.311 e. The number of nitrogens with zero attached hydrogens (tertiary/aromatic N) is 2. The van der Waals surface area contributed by atoms with Gasteiger partial charge in [-0.15, -0.1) is 0 Å². The van der Waals surface area contributed by atoms with Crippen molar-refractivity contribution in [2.45, 2.75) is 44.2 Å². The molecule has 2 saturated heterocycles. The molecule has 0 spiro atoms. The molecule has 7 heteroatoms. The van der Waals surface area contributed by atoms with Gasteiger partial charge in [0.1, 0.15) is 6.04 Å².